The first-order valence-electron chi connectivity index (χ1n) is 5.44. The summed E-state index contributed by atoms with van der Waals surface area (Å²) in [5, 5.41) is 12.9. The van der Waals surface area contributed by atoms with Crippen molar-refractivity contribution in [3.8, 4) is 0 Å². The molecule has 2 rings (SSSR count). The van der Waals surface area contributed by atoms with Gasteiger partial charge in [0.05, 0.1) is 33.5 Å². The number of rotatable bonds is 3. The molecular weight excluding hydrogens is 308 g/mol. The number of nitro groups is 1. The van der Waals surface area contributed by atoms with E-state index in [0.717, 1.165) is 0 Å². The van der Waals surface area contributed by atoms with E-state index < -0.39 is 33.7 Å². The molecule has 0 bridgehead atoms. The normalized spacial score (nSPS) is 10.2. The van der Waals surface area contributed by atoms with E-state index in [9.17, 15) is 23.7 Å². The number of pyridine rings is 1. The van der Waals surface area contributed by atoms with Gasteiger partial charge in [-0.15, -0.1) is 0 Å². The molecule has 0 spiro atoms. The summed E-state index contributed by atoms with van der Waals surface area (Å²) < 4.78 is 27.1. The number of carbonyl (C=O) groups is 1. The minimum atomic E-state index is -1.32. The molecule has 108 valence electrons. The fourth-order valence-corrected chi connectivity index (χ4v) is 1.66. The highest BCUT2D eigenvalue weighted by Crippen LogP contribution is 2.24. The van der Waals surface area contributed by atoms with Crippen LogP contribution < -0.4 is 5.32 Å². The van der Waals surface area contributed by atoms with E-state index in [1.807, 2.05) is 0 Å². The van der Waals surface area contributed by atoms with Crippen LogP contribution in [0.3, 0.4) is 0 Å². The lowest BCUT2D eigenvalue weighted by Crippen LogP contribution is -2.15. The first kappa shape index (κ1) is 14.8. The maximum Gasteiger partial charge on any atom is 0.307 e. The van der Waals surface area contributed by atoms with Crippen LogP contribution in [0.2, 0.25) is 5.02 Å². The lowest BCUT2D eigenvalue weighted by atomic mass is 10.1. The zero-order valence-electron chi connectivity index (χ0n) is 10.1. The van der Waals surface area contributed by atoms with Crippen LogP contribution in [0.15, 0.2) is 30.6 Å². The second-order valence-corrected chi connectivity index (χ2v) is 4.26. The van der Waals surface area contributed by atoms with Gasteiger partial charge in [-0.2, -0.15) is 4.39 Å². The molecule has 0 aliphatic carbocycles. The number of amides is 1. The van der Waals surface area contributed by atoms with E-state index >= 15 is 0 Å². The molecule has 1 N–H and O–H groups in total. The van der Waals surface area contributed by atoms with E-state index in [1.165, 1.54) is 18.5 Å². The molecule has 6 nitrogen and oxygen atoms in total. The molecule has 0 fully saturated rings. The number of hydrogen-bond donors (Lipinski definition) is 1. The van der Waals surface area contributed by atoms with Gasteiger partial charge < -0.3 is 5.32 Å². The lowest BCUT2D eigenvalue weighted by Gasteiger charge is -2.07. The summed E-state index contributed by atoms with van der Waals surface area (Å²) in [4.78, 5) is 24.9. The third-order valence-corrected chi connectivity index (χ3v) is 2.82. The molecule has 0 unspecified atom stereocenters. The number of nitrogens with zero attached hydrogens (tertiary/aromatic N) is 2. The van der Waals surface area contributed by atoms with Crippen LogP contribution in [-0.4, -0.2) is 15.8 Å². The summed E-state index contributed by atoms with van der Waals surface area (Å²) in [6.45, 7) is 0. The van der Waals surface area contributed by atoms with Gasteiger partial charge in [-0.05, 0) is 12.1 Å². The number of anilines is 1. The first-order valence-corrected chi connectivity index (χ1v) is 5.82. The van der Waals surface area contributed by atoms with Crippen molar-refractivity contribution in [2.75, 3.05) is 5.32 Å². The maximum absolute atomic E-state index is 13.7. The van der Waals surface area contributed by atoms with Crippen LogP contribution in [0.5, 0.6) is 0 Å². The second-order valence-electron chi connectivity index (χ2n) is 3.85. The Hall–Kier alpha value is -2.61. The molecule has 0 radical (unpaired) electrons. The van der Waals surface area contributed by atoms with Crippen LogP contribution in [0.1, 0.15) is 10.4 Å². The number of benzene rings is 1. The predicted octanol–water partition coefficient (Wildman–Crippen LogP) is 3.17. The Morgan fingerprint density at radius 2 is 2.05 bits per heavy atom. The highest BCUT2D eigenvalue weighted by molar-refractivity contribution is 6.33. The molecule has 1 amide bonds. The minimum absolute atomic E-state index is 0.0994. The molecule has 0 aliphatic rings. The molecule has 1 aromatic carbocycles. The summed E-state index contributed by atoms with van der Waals surface area (Å²) >= 11 is 5.78. The average molecular weight is 314 g/mol. The predicted molar refractivity (Wildman–Crippen MR) is 70.2 cm³/mol. The molecule has 0 saturated heterocycles. The number of aromatic nitrogens is 1. The van der Waals surface area contributed by atoms with Gasteiger partial charge in [-0.25, -0.2) is 4.39 Å². The number of nitro benzene ring substituents is 1. The van der Waals surface area contributed by atoms with Gasteiger partial charge in [0.1, 0.15) is 5.82 Å². The quantitative estimate of drug-likeness (QED) is 0.696. The lowest BCUT2D eigenvalue weighted by molar-refractivity contribution is -0.387. The Balaban J connectivity index is 2.34. The summed E-state index contributed by atoms with van der Waals surface area (Å²) in [5.74, 6) is -3.54. The van der Waals surface area contributed by atoms with Crippen molar-refractivity contribution in [1.82, 2.24) is 4.98 Å². The number of halogens is 3. The summed E-state index contributed by atoms with van der Waals surface area (Å²) in [6, 6.07) is 2.19. The summed E-state index contributed by atoms with van der Waals surface area (Å²) in [5.41, 5.74) is -1.64. The smallest absolute Gasteiger partial charge is 0.307 e. The Bertz CT molecular complexity index is 740. The number of nitrogens with one attached hydrogen (secondary N) is 1. The van der Waals surface area contributed by atoms with Gasteiger partial charge in [0.2, 0.25) is 5.82 Å². The van der Waals surface area contributed by atoms with Crippen molar-refractivity contribution in [1.29, 1.82) is 0 Å². The molecule has 1 aromatic heterocycles. The van der Waals surface area contributed by atoms with Gasteiger partial charge >= 0.3 is 5.69 Å². The van der Waals surface area contributed by atoms with E-state index in [0.29, 0.717) is 12.1 Å². The zero-order valence-corrected chi connectivity index (χ0v) is 10.9. The van der Waals surface area contributed by atoms with Crippen molar-refractivity contribution >= 4 is 28.9 Å². The maximum atomic E-state index is 13.7. The minimum Gasteiger partial charge on any atom is -0.319 e. The standard InChI is InChI=1S/C12H6ClF2N3O3/c13-7-1-2-16-5-10(7)17-12(19)6-3-9(15)11(18(20)21)4-8(6)14/h1-5H,(H,17,19). The second kappa shape index (κ2) is 5.80. The molecular formula is C12H6ClF2N3O3. The van der Waals surface area contributed by atoms with Crippen LogP contribution in [0, 0.1) is 21.7 Å². The van der Waals surface area contributed by atoms with Gasteiger partial charge in [0.25, 0.3) is 5.91 Å². The Kier molecular flexibility index (Phi) is 4.08. The van der Waals surface area contributed by atoms with Crippen molar-refractivity contribution < 1.29 is 18.5 Å². The highest BCUT2D eigenvalue weighted by Gasteiger charge is 2.22. The van der Waals surface area contributed by atoms with E-state index in [2.05, 4.69) is 10.3 Å². The fraction of sp³-hybridized carbons (Fsp3) is 0. The third kappa shape index (κ3) is 3.11. The topological polar surface area (TPSA) is 85.1 Å². The Labute approximate surface area is 121 Å². The highest BCUT2D eigenvalue weighted by atomic mass is 35.5. The molecule has 0 atom stereocenters. The van der Waals surface area contributed by atoms with Crippen LogP contribution in [-0.2, 0) is 0 Å². The SMILES string of the molecule is O=C(Nc1cnccc1Cl)c1cc(F)c([N+](=O)[O-])cc1F. The molecule has 21 heavy (non-hydrogen) atoms. The van der Waals surface area contributed by atoms with Crippen molar-refractivity contribution in [2.45, 2.75) is 0 Å². The molecule has 1 heterocycles. The average Bonchev–Trinajstić information content (AvgIpc) is 2.43. The fourth-order valence-electron chi connectivity index (χ4n) is 1.51. The monoisotopic (exact) mass is 313 g/mol. The van der Waals surface area contributed by atoms with Crippen molar-refractivity contribution in [3.63, 3.8) is 0 Å². The summed E-state index contributed by atoms with van der Waals surface area (Å²) in [7, 11) is 0. The zero-order chi connectivity index (χ0) is 15.6. The first-order chi connectivity index (χ1) is 9.90. The van der Waals surface area contributed by atoms with Gasteiger partial charge in [-0.1, -0.05) is 11.6 Å². The van der Waals surface area contributed by atoms with Gasteiger partial charge in [0, 0.05) is 6.20 Å². The molecule has 0 saturated carbocycles. The Morgan fingerprint density at radius 1 is 1.33 bits per heavy atom. The number of hydrogen-bond acceptors (Lipinski definition) is 4. The van der Waals surface area contributed by atoms with E-state index in [4.69, 9.17) is 11.6 Å². The number of carbonyl (C=O) groups excluding carboxylic acids is 1. The van der Waals surface area contributed by atoms with Crippen LogP contribution >= 0.6 is 11.6 Å². The largest absolute Gasteiger partial charge is 0.319 e. The van der Waals surface area contributed by atoms with Crippen LogP contribution in [0.4, 0.5) is 20.2 Å². The van der Waals surface area contributed by atoms with Gasteiger partial charge in [-0.3, -0.25) is 19.9 Å². The van der Waals surface area contributed by atoms with E-state index in [1.54, 1.807) is 0 Å². The third-order valence-electron chi connectivity index (χ3n) is 2.49. The summed E-state index contributed by atoms with van der Waals surface area (Å²) in [6.07, 6.45) is 2.60. The Morgan fingerprint density at radius 3 is 2.67 bits per heavy atom. The molecule has 2 aromatic rings. The van der Waals surface area contributed by atoms with Crippen molar-refractivity contribution in [2.24, 2.45) is 0 Å². The van der Waals surface area contributed by atoms with Crippen LogP contribution in [0.25, 0.3) is 0 Å². The molecule has 9 heteroatoms. The van der Waals surface area contributed by atoms with Crippen molar-refractivity contribution in [3.05, 3.63) is 62.9 Å². The molecule has 0 aliphatic heterocycles. The van der Waals surface area contributed by atoms with Gasteiger partial charge in [0.15, 0.2) is 0 Å². The van der Waals surface area contributed by atoms with E-state index in [-0.39, 0.29) is 10.7 Å².